The molecule has 0 unspecified atom stereocenters. The van der Waals surface area contributed by atoms with Gasteiger partial charge in [0.15, 0.2) is 0 Å². The van der Waals surface area contributed by atoms with E-state index in [9.17, 15) is 4.79 Å². The van der Waals surface area contributed by atoms with Gasteiger partial charge in [-0.2, -0.15) is 0 Å². The summed E-state index contributed by atoms with van der Waals surface area (Å²) in [5.41, 5.74) is 2.72. The summed E-state index contributed by atoms with van der Waals surface area (Å²) in [5.74, 6) is 1.64. The minimum atomic E-state index is -0.0455. The molecule has 0 saturated heterocycles. The van der Waals surface area contributed by atoms with Crippen molar-refractivity contribution >= 4 is 17.4 Å². The molecule has 0 bridgehead atoms. The molecule has 124 valence electrons. The monoisotopic (exact) mass is 323 g/mol. The standard InChI is InChI=1S/C19H21N3O2/c1-24-17-8-6-14(7-9-17)12-18(23)22-16-5-2-4-15(13-16)19-20-10-3-11-21-19/h2,4-9,13H,3,10-12H2,1H3,(H,20,21)(H,22,23). The van der Waals surface area contributed by atoms with Crippen molar-refractivity contribution in [3.63, 3.8) is 0 Å². The Hall–Kier alpha value is -2.82. The van der Waals surface area contributed by atoms with E-state index in [2.05, 4.69) is 15.6 Å². The number of amides is 1. The van der Waals surface area contributed by atoms with Crippen LogP contribution in [-0.4, -0.2) is 31.9 Å². The second-order valence-electron chi connectivity index (χ2n) is 5.66. The molecule has 0 saturated carbocycles. The summed E-state index contributed by atoms with van der Waals surface area (Å²) in [4.78, 5) is 16.7. The van der Waals surface area contributed by atoms with Gasteiger partial charge in [-0.1, -0.05) is 24.3 Å². The lowest BCUT2D eigenvalue weighted by molar-refractivity contribution is -0.115. The van der Waals surface area contributed by atoms with E-state index in [1.165, 1.54) is 0 Å². The van der Waals surface area contributed by atoms with Crippen LogP contribution in [0.5, 0.6) is 5.75 Å². The zero-order chi connectivity index (χ0) is 16.8. The predicted octanol–water partition coefficient (Wildman–Crippen LogP) is 2.62. The van der Waals surface area contributed by atoms with Gasteiger partial charge in [0.2, 0.25) is 5.91 Å². The van der Waals surface area contributed by atoms with E-state index in [4.69, 9.17) is 4.74 Å². The average Bonchev–Trinajstić information content (AvgIpc) is 2.63. The van der Waals surface area contributed by atoms with Crippen LogP contribution in [0, 0.1) is 0 Å². The molecule has 0 aliphatic carbocycles. The highest BCUT2D eigenvalue weighted by Crippen LogP contribution is 2.15. The molecular formula is C19H21N3O2. The Labute approximate surface area is 141 Å². The van der Waals surface area contributed by atoms with Crippen molar-refractivity contribution in [2.24, 2.45) is 4.99 Å². The molecular weight excluding hydrogens is 302 g/mol. The first-order valence-corrected chi connectivity index (χ1v) is 8.06. The molecule has 5 nitrogen and oxygen atoms in total. The zero-order valence-electron chi connectivity index (χ0n) is 13.7. The van der Waals surface area contributed by atoms with Gasteiger partial charge in [0.25, 0.3) is 0 Å². The quantitative estimate of drug-likeness (QED) is 0.889. The van der Waals surface area contributed by atoms with Gasteiger partial charge < -0.3 is 15.4 Å². The molecule has 24 heavy (non-hydrogen) atoms. The van der Waals surface area contributed by atoms with Crippen molar-refractivity contribution in [3.05, 3.63) is 59.7 Å². The van der Waals surface area contributed by atoms with E-state index in [1.807, 2.05) is 48.5 Å². The van der Waals surface area contributed by atoms with Gasteiger partial charge in [-0.15, -0.1) is 0 Å². The Kier molecular flexibility index (Phi) is 5.11. The first-order chi connectivity index (χ1) is 11.7. The second kappa shape index (κ2) is 7.64. The molecule has 5 heteroatoms. The van der Waals surface area contributed by atoms with E-state index in [-0.39, 0.29) is 5.91 Å². The van der Waals surface area contributed by atoms with Crippen molar-refractivity contribution in [2.75, 3.05) is 25.5 Å². The Bertz CT molecular complexity index is 739. The fourth-order valence-corrected chi connectivity index (χ4v) is 2.60. The van der Waals surface area contributed by atoms with Crippen molar-refractivity contribution in [2.45, 2.75) is 12.8 Å². The lowest BCUT2D eigenvalue weighted by atomic mass is 10.1. The molecule has 2 aromatic carbocycles. The highest BCUT2D eigenvalue weighted by atomic mass is 16.5. The van der Waals surface area contributed by atoms with Gasteiger partial charge in [0, 0.05) is 24.3 Å². The normalized spacial score (nSPS) is 13.6. The minimum Gasteiger partial charge on any atom is -0.497 e. The Morgan fingerprint density at radius 2 is 2.08 bits per heavy atom. The summed E-state index contributed by atoms with van der Waals surface area (Å²) in [7, 11) is 1.63. The smallest absolute Gasteiger partial charge is 0.228 e. The number of hydrogen-bond acceptors (Lipinski definition) is 4. The van der Waals surface area contributed by atoms with E-state index >= 15 is 0 Å². The predicted molar refractivity (Wildman–Crippen MR) is 95.8 cm³/mol. The Morgan fingerprint density at radius 1 is 1.25 bits per heavy atom. The summed E-state index contributed by atoms with van der Waals surface area (Å²) in [6.07, 6.45) is 1.38. The summed E-state index contributed by atoms with van der Waals surface area (Å²) in [6, 6.07) is 15.3. The molecule has 2 N–H and O–H groups in total. The second-order valence-corrected chi connectivity index (χ2v) is 5.66. The number of ether oxygens (including phenoxy) is 1. The van der Waals surface area contributed by atoms with Crippen LogP contribution in [0.2, 0.25) is 0 Å². The van der Waals surface area contributed by atoms with E-state index in [1.54, 1.807) is 7.11 Å². The lowest BCUT2D eigenvalue weighted by Gasteiger charge is -2.15. The first-order valence-electron chi connectivity index (χ1n) is 8.06. The highest BCUT2D eigenvalue weighted by molar-refractivity contribution is 6.01. The number of aliphatic imine (C=N–C) groups is 1. The molecule has 0 fully saturated rings. The van der Waals surface area contributed by atoms with Gasteiger partial charge in [0.1, 0.15) is 11.6 Å². The number of carbonyl (C=O) groups excluding carboxylic acids is 1. The van der Waals surface area contributed by atoms with Crippen LogP contribution in [0.4, 0.5) is 5.69 Å². The van der Waals surface area contributed by atoms with Crippen LogP contribution in [0.15, 0.2) is 53.5 Å². The third-order valence-corrected chi connectivity index (χ3v) is 3.84. The van der Waals surface area contributed by atoms with Crippen LogP contribution in [0.25, 0.3) is 0 Å². The SMILES string of the molecule is COc1ccc(CC(=O)Nc2cccc(C3=NCCCN3)c2)cc1. The van der Waals surface area contributed by atoms with E-state index in [0.29, 0.717) is 6.42 Å². The van der Waals surface area contributed by atoms with Crippen LogP contribution in [-0.2, 0) is 11.2 Å². The molecule has 0 spiro atoms. The number of rotatable bonds is 5. The number of benzene rings is 2. The fraction of sp³-hybridized carbons (Fsp3) is 0.263. The van der Waals surface area contributed by atoms with Crippen LogP contribution < -0.4 is 15.4 Å². The molecule has 2 aromatic rings. The van der Waals surface area contributed by atoms with E-state index in [0.717, 1.165) is 47.9 Å². The molecule has 1 aliphatic heterocycles. The summed E-state index contributed by atoms with van der Waals surface area (Å²) >= 11 is 0. The fourth-order valence-electron chi connectivity index (χ4n) is 2.60. The third kappa shape index (κ3) is 4.13. The van der Waals surface area contributed by atoms with Crippen molar-refractivity contribution in [1.29, 1.82) is 0 Å². The zero-order valence-corrected chi connectivity index (χ0v) is 13.7. The third-order valence-electron chi connectivity index (χ3n) is 3.84. The Morgan fingerprint density at radius 3 is 2.79 bits per heavy atom. The molecule has 0 atom stereocenters. The summed E-state index contributed by atoms with van der Waals surface area (Å²) in [6.45, 7) is 1.78. The van der Waals surface area contributed by atoms with Crippen LogP contribution >= 0.6 is 0 Å². The van der Waals surface area contributed by atoms with Gasteiger partial charge in [-0.3, -0.25) is 9.79 Å². The number of nitrogens with zero attached hydrogens (tertiary/aromatic N) is 1. The molecule has 1 heterocycles. The lowest BCUT2D eigenvalue weighted by Crippen LogP contribution is -2.30. The maximum Gasteiger partial charge on any atom is 0.228 e. The topological polar surface area (TPSA) is 62.7 Å². The largest absolute Gasteiger partial charge is 0.497 e. The summed E-state index contributed by atoms with van der Waals surface area (Å²) in [5, 5.41) is 6.24. The van der Waals surface area contributed by atoms with E-state index < -0.39 is 0 Å². The molecule has 0 aromatic heterocycles. The van der Waals surface area contributed by atoms with Gasteiger partial charge in [-0.05, 0) is 36.2 Å². The number of carbonyl (C=O) groups is 1. The minimum absolute atomic E-state index is 0.0455. The molecule has 3 rings (SSSR count). The average molecular weight is 323 g/mol. The van der Waals surface area contributed by atoms with Crippen molar-refractivity contribution in [1.82, 2.24) is 5.32 Å². The number of nitrogens with one attached hydrogen (secondary N) is 2. The maximum atomic E-state index is 12.2. The van der Waals surface area contributed by atoms with Gasteiger partial charge in [0.05, 0.1) is 13.5 Å². The summed E-state index contributed by atoms with van der Waals surface area (Å²) < 4.78 is 5.12. The van der Waals surface area contributed by atoms with Gasteiger partial charge in [-0.25, -0.2) is 0 Å². The van der Waals surface area contributed by atoms with Crippen molar-refractivity contribution < 1.29 is 9.53 Å². The Balaban J connectivity index is 1.64. The molecule has 1 amide bonds. The number of methoxy groups -OCH3 is 1. The number of anilines is 1. The highest BCUT2D eigenvalue weighted by Gasteiger charge is 2.09. The maximum absolute atomic E-state index is 12.2. The van der Waals surface area contributed by atoms with Crippen LogP contribution in [0.1, 0.15) is 17.5 Å². The van der Waals surface area contributed by atoms with Crippen molar-refractivity contribution in [3.8, 4) is 5.75 Å². The molecule has 1 aliphatic rings. The molecule has 0 radical (unpaired) electrons. The van der Waals surface area contributed by atoms with Crippen LogP contribution in [0.3, 0.4) is 0 Å². The van der Waals surface area contributed by atoms with Gasteiger partial charge >= 0.3 is 0 Å². The number of hydrogen-bond donors (Lipinski definition) is 2. The first kappa shape index (κ1) is 16.1. The number of amidine groups is 1.